The molecule has 1 saturated carbocycles. The first-order valence-electron chi connectivity index (χ1n) is 5.81. The van der Waals surface area contributed by atoms with Gasteiger partial charge in [0.2, 0.25) is 6.08 Å². The molecule has 1 atom stereocenters. The Balaban J connectivity index is 2.21. The second kappa shape index (κ2) is 3.90. The van der Waals surface area contributed by atoms with E-state index < -0.39 is 21.0 Å². The highest BCUT2D eigenvalue weighted by Gasteiger charge is 2.56. The maximum absolute atomic E-state index is 11.6. The van der Waals surface area contributed by atoms with E-state index in [1.165, 1.54) is 0 Å². The zero-order chi connectivity index (χ0) is 12.7. The van der Waals surface area contributed by atoms with Crippen molar-refractivity contribution in [3.05, 3.63) is 0 Å². The van der Waals surface area contributed by atoms with Gasteiger partial charge in [-0.15, -0.1) is 0 Å². The minimum absolute atomic E-state index is 0.0776. The van der Waals surface area contributed by atoms with Crippen molar-refractivity contribution in [1.29, 1.82) is 0 Å². The summed E-state index contributed by atoms with van der Waals surface area (Å²) in [6, 6.07) is 0. The number of isocyanates is 1. The Kier molecular flexibility index (Phi) is 2.92. The van der Waals surface area contributed by atoms with Gasteiger partial charge in [-0.2, -0.15) is 4.99 Å². The zero-order valence-corrected chi connectivity index (χ0v) is 10.7. The fourth-order valence-corrected chi connectivity index (χ4v) is 5.13. The van der Waals surface area contributed by atoms with E-state index >= 15 is 0 Å². The van der Waals surface area contributed by atoms with Crippen LogP contribution < -0.4 is 0 Å². The quantitative estimate of drug-likeness (QED) is 0.576. The van der Waals surface area contributed by atoms with Crippen molar-refractivity contribution in [3.63, 3.8) is 0 Å². The van der Waals surface area contributed by atoms with Crippen LogP contribution in [-0.2, 0) is 14.6 Å². The molecule has 2 fully saturated rings. The van der Waals surface area contributed by atoms with Gasteiger partial charge in [0.25, 0.3) is 0 Å². The summed E-state index contributed by atoms with van der Waals surface area (Å²) in [7, 11) is -3.02. The molecule has 2 rings (SSSR count). The van der Waals surface area contributed by atoms with Crippen LogP contribution in [0.5, 0.6) is 0 Å². The summed E-state index contributed by atoms with van der Waals surface area (Å²) in [5.74, 6) is 0.151. The van der Waals surface area contributed by atoms with E-state index in [4.69, 9.17) is 0 Å². The molecule has 2 aliphatic rings. The summed E-state index contributed by atoms with van der Waals surface area (Å²) in [6.07, 6.45) is 3.62. The second-order valence-corrected chi connectivity index (χ2v) is 7.84. The predicted octanol–water partition coefficient (Wildman–Crippen LogP) is 0.431. The predicted molar refractivity (Wildman–Crippen MR) is 62.1 cm³/mol. The number of hydrogen-bond acceptors (Lipinski definition) is 5. The van der Waals surface area contributed by atoms with Crippen LogP contribution in [0.3, 0.4) is 0 Å². The fraction of sp³-hybridized carbons (Fsp3) is 0.909. The first-order chi connectivity index (χ1) is 7.79. The number of aliphatic hydroxyl groups is 1. The van der Waals surface area contributed by atoms with Crippen LogP contribution in [0.1, 0.15) is 32.6 Å². The van der Waals surface area contributed by atoms with Crippen molar-refractivity contribution in [1.82, 2.24) is 0 Å². The lowest BCUT2D eigenvalue weighted by Crippen LogP contribution is -2.59. The van der Waals surface area contributed by atoms with Gasteiger partial charge in [-0.25, -0.2) is 13.2 Å². The summed E-state index contributed by atoms with van der Waals surface area (Å²) in [5, 5.41) is 9.80. The van der Waals surface area contributed by atoms with Crippen LogP contribution in [0.4, 0.5) is 0 Å². The van der Waals surface area contributed by atoms with Crippen LogP contribution in [-0.4, -0.2) is 42.2 Å². The highest BCUT2D eigenvalue weighted by molar-refractivity contribution is 7.91. The van der Waals surface area contributed by atoms with E-state index in [1.807, 2.05) is 0 Å². The van der Waals surface area contributed by atoms with Crippen LogP contribution in [0.2, 0.25) is 0 Å². The first-order valence-corrected chi connectivity index (χ1v) is 7.63. The Hall–Kier alpha value is -0.710. The molecule has 0 amide bonds. The van der Waals surface area contributed by atoms with Crippen molar-refractivity contribution in [2.75, 3.05) is 11.5 Å². The van der Waals surface area contributed by atoms with Crippen LogP contribution >= 0.6 is 0 Å². The molecule has 96 valence electrons. The first kappa shape index (κ1) is 12.7. The molecule has 0 spiro atoms. The van der Waals surface area contributed by atoms with Crippen molar-refractivity contribution >= 4 is 15.9 Å². The highest BCUT2D eigenvalue weighted by Crippen LogP contribution is 2.51. The van der Waals surface area contributed by atoms with Crippen molar-refractivity contribution in [2.45, 2.75) is 43.7 Å². The highest BCUT2D eigenvalue weighted by atomic mass is 32.2. The normalized spacial score (nSPS) is 44.5. The molecule has 5 nitrogen and oxygen atoms in total. The van der Waals surface area contributed by atoms with Gasteiger partial charge in [0.1, 0.15) is 0 Å². The SMILES string of the molecule is CC1(O)CC(N=C=O)(C2CCCS(=O)(=O)C2)C1. The van der Waals surface area contributed by atoms with E-state index in [0.717, 1.165) is 6.42 Å². The third-order valence-electron chi connectivity index (χ3n) is 3.87. The molecule has 1 heterocycles. The molecule has 1 aliphatic heterocycles. The van der Waals surface area contributed by atoms with Gasteiger partial charge in [-0.05, 0) is 25.7 Å². The smallest absolute Gasteiger partial charge is 0.235 e. The van der Waals surface area contributed by atoms with Gasteiger partial charge < -0.3 is 5.11 Å². The molecule has 1 saturated heterocycles. The van der Waals surface area contributed by atoms with Gasteiger partial charge in [-0.1, -0.05) is 0 Å². The maximum Gasteiger partial charge on any atom is 0.235 e. The number of rotatable bonds is 2. The average molecular weight is 259 g/mol. The third-order valence-corrected chi connectivity index (χ3v) is 5.69. The van der Waals surface area contributed by atoms with Crippen LogP contribution in [0.25, 0.3) is 0 Å². The van der Waals surface area contributed by atoms with E-state index in [-0.39, 0.29) is 17.4 Å². The van der Waals surface area contributed by atoms with Gasteiger partial charge in [-0.3, -0.25) is 0 Å². The van der Waals surface area contributed by atoms with Gasteiger partial charge in [0, 0.05) is 12.8 Å². The Morgan fingerprint density at radius 3 is 2.53 bits per heavy atom. The summed E-state index contributed by atoms with van der Waals surface area (Å²) in [5.41, 5.74) is -1.53. The molecular weight excluding hydrogens is 242 g/mol. The third kappa shape index (κ3) is 2.44. The molecular formula is C11H17NO4S. The summed E-state index contributed by atoms with van der Waals surface area (Å²) in [6.45, 7) is 1.68. The topological polar surface area (TPSA) is 83.8 Å². The average Bonchev–Trinajstić information content (AvgIpc) is 2.13. The van der Waals surface area contributed by atoms with Gasteiger partial charge in [0.05, 0.1) is 22.6 Å². The number of carbonyl (C=O) groups excluding carboxylic acids is 1. The largest absolute Gasteiger partial charge is 0.390 e. The molecule has 6 heteroatoms. The standard InChI is InChI=1S/C11H17NO4S/c1-10(14)6-11(7-10,12-8-13)9-3-2-4-17(15,16)5-9/h9,14H,2-7H2,1H3. The summed E-state index contributed by atoms with van der Waals surface area (Å²) >= 11 is 0. The monoisotopic (exact) mass is 259 g/mol. The minimum atomic E-state index is -3.02. The number of aliphatic imine (C=N–C) groups is 1. The Morgan fingerprint density at radius 2 is 2.06 bits per heavy atom. The lowest BCUT2D eigenvalue weighted by molar-refractivity contribution is -0.0893. The van der Waals surface area contributed by atoms with Crippen molar-refractivity contribution in [3.8, 4) is 0 Å². The Bertz CT molecular complexity index is 454. The van der Waals surface area contributed by atoms with E-state index in [1.54, 1.807) is 13.0 Å². The fourth-order valence-electron chi connectivity index (χ4n) is 3.26. The summed E-state index contributed by atoms with van der Waals surface area (Å²) in [4.78, 5) is 14.3. The number of sulfone groups is 1. The van der Waals surface area contributed by atoms with Crippen LogP contribution in [0, 0.1) is 5.92 Å². The number of nitrogens with zero attached hydrogens (tertiary/aromatic N) is 1. The Morgan fingerprint density at radius 1 is 1.41 bits per heavy atom. The molecule has 0 aromatic carbocycles. The number of hydrogen-bond donors (Lipinski definition) is 1. The van der Waals surface area contributed by atoms with Gasteiger partial charge >= 0.3 is 0 Å². The molecule has 0 radical (unpaired) electrons. The molecule has 0 bridgehead atoms. The second-order valence-electron chi connectivity index (χ2n) is 5.61. The molecule has 0 aromatic rings. The van der Waals surface area contributed by atoms with E-state index in [0.29, 0.717) is 19.3 Å². The molecule has 1 aliphatic carbocycles. The maximum atomic E-state index is 11.6. The molecule has 1 N–H and O–H groups in total. The minimum Gasteiger partial charge on any atom is -0.390 e. The lowest BCUT2D eigenvalue weighted by atomic mass is 9.60. The van der Waals surface area contributed by atoms with E-state index in [2.05, 4.69) is 4.99 Å². The molecule has 1 unspecified atom stereocenters. The Labute approximate surface area is 101 Å². The van der Waals surface area contributed by atoms with Crippen molar-refractivity contribution in [2.24, 2.45) is 10.9 Å². The van der Waals surface area contributed by atoms with E-state index in [9.17, 15) is 18.3 Å². The zero-order valence-electron chi connectivity index (χ0n) is 9.85. The van der Waals surface area contributed by atoms with Gasteiger partial charge in [0.15, 0.2) is 9.84 Å². The van der Waals surface area contributed by atoms with Crippen molar-refractivity contribution < 1.29 is 18.3 Å². The molecule has 0 aromatic heterocycles. The summed E-state index contributed by atoms with van der Waals surface area (Å²) < 4.78 is 23.2. The lowest BCUT2D eigenvalue weighted by Gasteiger charge is -2.52. The molecule has 17 heavy (non-hydrogen) atoms. The van der Waals surface area contributed by atoms with Crippen LogP contribution in [0.15, 0.2) is 4.99 Å².